The van der Waals surface area contributed by atoms with Gasteiger partial charge in [0.15, 0.2) is 0 Å². The van der Waals surface area contributed by atoms with E-state index >= 15 is 0 Å². The lowest BCUT2D eigenvalue weighted by Gasteiger charge is -2.33. The lowest BCUT2D eigenvalue weighted by Crippen LogP contribution is -2.46. The lowest BCUT2D eigenvalue weighted by atomic mass is 9.85. The molecule has 0 saturated heterocycles. The zero-order valence-corrected chi connectivity index (χ0v) is 16.7. The van der Waals surface area contributed by atoms with Crippen LogP contribution < -0.4 is 10.0 Å². The van der Waals surface area contributed by atoms with Gasteiger partial charge in [-0.05, 0) is 63.1 Å². The molecule has 4 nitrogen and oxygen atoms in total. The van der Waals surface area contributed by atoms with E-state index in [0.29, 0.717) is 5.92 Å². The molecule has 1 aromatic rings. The van der Waals surface area contributed by atoms with Crippen LogP contribution >= 0.6 is 0 Å². The standard InChI is InChI=1S/C20H34N2O2S/c1-4-5-8-17-11-13-19(14-12-17)21-15-18-9-6-7-10-20(18)22-25(23,24)16(2)3/h11-14,16,18,20-22H,4-10,15H2,1-3H3. The van der Waals surface area contributed by atoms with Crippen LogP contribution in [0, 0.1) is 5.92 Å². The van der Waals surface area contributed by atoms with Gasteiger partial charge in [0, 0.05) is 18.3 Å². The van der Waals surface area contributed by atoms with Crippen molar-refractivity contribution in [3.63, 3.8) is 0 Å². The number of rotatable bonds is 9. The van der Waals surface area contributed by atoms with Crippen molar-refractivity contribution in [1.82, 2.24) is 4.72 Å². The Bertz CT molecular complexity index is 611. The third-order valence-corrected chi connectivity index (χ3v) is 7.06. The monoisotopic (exact) mass is 366 g/mol. The number of anilines is 1. The highest BCUT2D eigenvalue weighted by Gasteiger charge is 2.29. The fourth-order valence-electron chi connectivity index (χ4n) is 3.37. The Morgan fingerprint density at radius 1 is 1.12 bits per heavy atom. The Hall–Kier alpha value is -1.07. The van der Waals surface area contributed by atoms with Crippen molar-refractivity contribution in [2.75, 3.05) is 11.9 Å². The molecule has 1 aromatic carbocycles. The first-order chi connectivity index (χ1) is 11.9. The molecule has 142 valence electrons. The highest BCUT2D eigenvalue weighted by Crippen LogP contribution is 2.26. The largest absolute Gasteiger partial charge is 0.385 e. The Morgan fingerprint density at radius 2 is 1.80 bits per heavy atom. The molecule has 0 spiro atoms. The summed E-state index contributed by atoms with van der Waals surface area (Å²) in [7, 11) is -3.21. The van der Waals surface area contributed by atoms with Gasteiger partial charge in [0.1, 0.15) is 0 Å². The number of benzene rings is 1. The van der Waals surface area contributed by atoms with Gasteiger partial charge in [-0.15, -0.1) is 0 Å². The maximum atomic E-state index is 12.2. The van der Waals surface area contributed by atoms with E-state index in [4.69, 9.17) is 0 Å². The second-order valence-electron chi connectivity index (χ2n) is 7.54. The summed E-state index contributed by atoms with van der Waals surface area (Å²) in [6.07, 6.45) is 7.89. The van der Waals surface area contributed by atoms with Crippen molar-refractivity contribution in [3.05, 3.63) is 29.8 Å². The summed E-state index contributed by atoms with van der Waals surface area (Å²) >= 11 is 0. The van der Waals surface area contributed by atoms with Crippen LogP contribution in [-0.4, -0.2) is 26.3 Å². The van der Waals surface area contributed by atoms with Crippen LogP contribution in [0.4, 0.5) is 5.69 Å². The molecule has 5 heteroatoms. The molecule has 2 unspecified atom stereocenters. The number of nitrogens with one attached hydrogen (secondary N) is 2. The van der Waals surface area contributed by atoms with Crippen molar-refractivity contribution in [2.24, 2.45) is 5.92 Å². The summed E-state index contributed by atoms with van der Waals surface area (Å²) in [5.41, 5.74) is 2.50. The van der Waals surface area contributed by atoms with Crippen LogP contribution in [0.3, 0.4) is 0 Å². The SMILES string of the molecule is CCCCc1ccc(NCC2CCCCC2NS(=O)(=O)C(C)C)cc1. The lowest BCUT2D eigenvalue weighted by molar-refractivity contribution is 0.301. The van der Waals surface area contributed by atoms with Crippen molar-refractivity contribution < 1.29 is 8.42 Å². The van der Waals surface area contributed by atoms with Crippen molar-refractivity contribution in [1.29, 1.82) is 0 Å². The molecule has 0 aliphatic heterocycles. The smallest absolute Gasteiger partial charge is 0.214 e. The van der Waals surface area contributed by atoms with Gasteiger partial charge in [0.2, 0.25) is 10.0 Å². The second kappa shape index (κ2) is 9.58. The third kappa shape index (κ3) is 6.30. The first kappa shape index (κ1) is 20.2. The molecule has 2 atom stereocenters. The average molecular weight is 367 g/mol. The van der Waals surface area contributed by atoms with Gasteiger partial charge in [0.25, 0.3) is 0 Å². The van der Waals surface area contributed by atoms with Crippen LogP contribution in [-0.2, 0) is 16.4 Å². The molecular weight excluding hydrogens is 332 g/mol. The summed E-state index contributed by atoms with van der Waals surface area (Å²) in [6.45, 7) is 6.50. The number of hydrogen-bond donors (Lipinski definition) is 2. The second-order valence-corrected chi connectivity index (χ2v) is 9.81. The van der Waals surface area contributed by atoms with E-state index in [1.807, 2.05) is 0 Å². The Morgan fingerprint density at radius 3 is 2.44 bits per heavy atom. The summed E-state index contributed by atoms with van der Waals surface area (Å²) < 4.78 is 27.4. The maximum Gasteiger partial charge on any atom is 0.214 e. The molecule has 0 amide bonds. The number of aryl methyl sites for hydroxylation is 1. The van der Waals surface area contributed by atoms with Gasteiger partial charge in [-0.3, -0.25) is 0 Å². The maximum absolute atomic E-state index is 12.2. The summed E-state index contributed by atoms with van der Waals surface area (Å²) in [4.78, 5) is 0. The molecular formula is C20H34N2O2S. The minimum atomic E-state index is -3.21. The Kier molecular flexibility index (Phi) is 7.76. The van der Waals surface area contributed by atoms with E-state index in [-0.39, 0.29) is 11.3 Å². The molecule has 1 aliphatic rings. The minimum absolute atomic E-state index is 0.0532. The van der Waals surface area contributed by atoms with E-state index in [0.717, 1.165) is 37.9 Å². The molecule has 0 aromatic heterocycles. The van der Waals surface area contributed by atoms with Crippen molar-refractivity contribution >= 4 is 15.7 Å². The van der Waals surface area contributed by atoms with Gasteiger partial charge in [-0.1, -0.05) is 38.3 Å². The van der Waals surface area contributed by atoms with Gasteiger partial charge in [-0.2, -0.15) is 0 Å². The predicted octanol–water partition coefficient (Wildman–Crippen LogP) is 4.33. The molecule has 0 bridgehead atoms. The molecule has 0 heterocycles. The van der Waals surface area contributed by atoms with Crippen LogP contribution in [0.2, 0.25) is 0 Å². The van der Waals surface area contributed by atoms with Gasteiger partial charge in [-0.25, -0.2) is 13.1 Å². The molecule has 1 aliphatic carbocycles. The predicted molar refractivity (Wildman–Crippen MR) is 106 cm³/mol. The fourth-order valence-corrected chi connectivity index (χ4v) is 4.38. The zero-order valence-electron chi connectivity index (χ0n) is 15.9. The van der Waals surface area contributed by atoms with E-state index in [9.17, 15) is 8.42 Å². The van der Waals surface area contributed by atoms with E-state index in [1.165, 1.54) is 24.8 Å². The summed E-state index contributed by atoms with van der Waals surface area (Å²) in [6, 6.07) is 8.72. The van der Waals surface area contributed by atoms with Crippen molar-refractivity contribution in [3.8, 4) is 0 Å². The van der Waals surface area contributed by atoms with Gasteiger partial charge in [0.05, 0.1) is 5.25 Å². The Balaban J connectivity index is 1.90. The van der Waals surface area contributed by atoms with Crippen LogP contribution in [0.5, 0.6) is 0 Å². The normalized spacial score (nSPS) is 21.4. The highest BCUT2D eigenvalue weighted by molar-refractivity contribution is 7.90. The van der Waals surface area contributed by atoms with Crippen LogP contribution in [0.15, 0.2) is 24.3 Å². The first-order valence-electron chi connectivity index (χ1n) is 9.76. The quantitative estimate of drug-likeness (QED) is 0.684. The van der Waals surface area contributed by atoms with Crippen LogP contribution in [0.25, 0.3) is 0 Å². The minimum Gasteiger partial charge on any atom is -0.385 e. The third-order valence-electron chi connectivity index (χ3n) is 5.19. The molecule has 25 heavy (non-hydrogen) atoms. The number of hydrogen-bond acceptors (Lipinski definition) is 3. The number of unbranched alkanes of at least 4 members (excludes halogenated alkanes) is 1. The summed E-state index contributed by atoms with van der Waals surface area (Å²) in [5, 5.41) is 3.13. The van der Waals surface area contributed by atoms with E-state index in [2.05, 4.69) is 41.2 Å². The van der Waals surface area contributed by atoms with Crippen LogP contribution in [0.1, 0.15) is 64.9 Å². The van der Waals surface area contributed by atoms with E-state index in [1.54, 1.807) is 13.8 Å². The molecule has 1 fully saturated rings. The molecule has 2 N–H and O–H groups in total. The van der Waals surface area contributed by atoms with Gasteiger partial charge >= 0.3 is 0 Å². The molecule has 2 rings (SSSR count). The first-order valence-corrected chi connectivity index (χ1v) is 11.3. The highest BCUT2D eigenvalue weighted by atomic mass is 32.2. The molecule has 1 saturated carbocycles. The number of sulfonamides is 1. The topological polar surface area (TPSA) is 58.2 Å². The van der Waals surface area contributed by atoms with Gasteiger partial charge < -0.3 is 5.32 Å². The molecule has 0 radical (unpaired) electrons. The fraction of sp³-hybridized carbons (Fsp3) is 0.700. The van der Waals surface area contributed by atoms with Crippen molar-refractivity contribution in [2.45, 2.75) is 77.0 Å². The average Bonchev–Trinajstić information content (AvgIpc) is 2.59. The summed E-state index contributed by atoms with van der Waals surface area (Å²) in [5.74, 6) is 0.349. The van der Waals surface area contributed by atoms with E-state index < -0.39 is 10.0 Å². The zero-order chi connectivity index (χ0) is 18.3. The Labute approximate surface area is 153 Å².